The Labute approximate surface area is 154 Å². The summed E-state index contributed by atoms with van der Waals surface area (Å²) in [5, 5.41) is 2.84. The number of para-hydroxylation sites is 2. The second kappa shape index (κ2) is 9.56. The van der Waals surface area contributed by atoms with Crippen molar-refractivity contribution in [2.75, 3.05) is 11.4 Å². The van der Waals surface area contributed by atoms with Gasteiger partial charge >= 0.3 is 0 Å². The molecule has 6 nitrogen and oxygen atoms in total. The van der Waals surface area contributed by atoms with Gasteiger partial charge in [0.2, 0.25) is 11.8 Å². The Kier molecular flexibility index (Phi) is 7.14. The van der Waals surface area contributed by atoms with Gasteiger partial charge in [0.25, 0.3) is 0 Å². The molecule has 0 saturated heterocycles. The van der Waals surface area contributed by atoms with Crippen molar-refractivity contribution in [2.45, 2.75) is 39.8 Å². The molecule has 1 heterocycles. The maximum Gasteiger partial charge on any atom is 0.223 e. The molecule has 0 fully saturated rings. The molecule has 0 unspecified atom stereocenters. The van der Waals surface area contributed by atoms with Crippen LogP contribution in [0.15, 0.2) is 48.8 Å². The lowest BCUT2D eigenvalue weighted by Crippen LogP contribution is -2.34. The Hall–Kier alpha value is -2.89. The molecule has 0 radical (unpaired) electrons. The number of hydrogen-bond acceptors (Lipinski definition) is 4. The Balaban J connectivity index is 1.98. The van der Waals surface area contributed by atoms with Crippen molar-refractivity contribution >= 4 is 17.5 Å². The molecule has 26 heavy (non-hydrogen) atoms. The Morgan fingerprint density at radius 1 is 1.19 bits per heavy atom. The van der Waals surface area contributed by atoms with Crippen molar-refractivity contribution < 1.29 is 14.3 Å². The second-order valence-corrected chi connectivity index (χ2v) is 6.19. The highest BCUT2D eigenvalue weighted by Gasteiger charge is 2.18. The van der Waals surface area contributed by atoms with Crippen molar-refractivity contribution in [3.63, 3.8) is 0 Å². The summed E-state index contributed by atoms with van der Waals surface area (Å²) in [4.78, 5) is 29.8. The van der Waals surface area contributed by atoms with E-state index in [1.807, 2.05) is 50.2 Å². The van der Waals surface area contributed by atoms with Gasteiger partial charge in [0, 0.05) is 38.8 Å². The van der Waals surface area contributed by atoms with Gasteiger partial charge in [-0.05, 0) is 37.6 Å². The van der Waals surface area contributed by atoms with Gasteiger partial charge in [-0.3, -0.25) is 14.6 Å². The molecule has 2 aromatic rings. The molecule has 0 aliphatic carbocycles. The zero-order chi connectivity index (χ0) is 18.9. The summed E-state index contributed by atoms with van der Waals surface area (Å²) in [5.74, 6) is 0.376. The first kappa shape index (κ1) is 19.4. The Morgan fingerprint density at radius 2 is 1.96 bits per heavy atom. The third kappa shape index (κ3) is 5.88. The fraction of sp³-hybridized carbons (Fsp3) is 0.350. The number of nitrogens with zero attached hydrogens (tertiary/aromatic N) is 2. The van der Waals surface area contributed by atoms with Gasteiger partial charge in [-0.25, -0.2) is 0 Å². The van der Waals surface area contributed by atoms with Crippen LogP contribution in [0.4, 0.5) is 5.69 Å². The highest BCUT2D eigenvalue weighted by Crippen LogP contribution is 2.29. The fourth-order valence-corrected chi connectivity index (χ4v) is 2.49. The van der Waals surface area contributed by atoms with Crippen LogP contribution in [0.3, 0.4) is 0 Å². The Bertz CT molecular complexity index is 732. The van der Waals surface area contributed by atoms with Gasteiger partial charge in [-0.15, -0.1) is 0 Å². The van der Waals surface area contributed by atoms with Crippen LogP contribution in [0, 0.1) is 0 Å². The van der Waals surface area contributed by atoms with E-state index in [0.717, 1.165) is 5.56 Å². The number of benzene rings is 1. The van der Waals surface area contributed by atoms with Gasteiger partial charge in [-0.1, -0.05) is 18.2 Å². The quantitative estimate of drug-likeness (QED) is 0.790. The molecule has 2 rings (SSSR count). The van der Waals surface area contributed by atoms with Crippen LogP contribution in [0.2, 0.25) is 0 Å². The molecule has 1 aromatic carbocycles. The van der Waals surface area contributed by atoms with Gasteiger partial charge in [0.15, 0.2) is 0 Å². The van der Waals surface area contributed by atoms with Gasteiger partial charge in [-0.2, -0.15) is 0 Å². The second-order valence-electron chi connectivity index (χ2n) is 6.19. The number of ether oxygens (including phenoxy) is 1. The molecule has 0 atom stereocenters. The lowest BCUT2D eigenvalue weighted by molar-refractivity contribution is -0.121. The largest absolute Gasteiger partial charge is 0.489 e. The molecule has 6 heteroatoms. The van der Waals surface area contributed by atoms with Crippen LogP contribution in [0.5, 0.6) is 5.75 Å². The number of anilines is 1. The third-order valence-corrected chi connectivity index (χ3v) is 3.67. The number of aromatic nitrogens is 1. The fourth-order valence-electron chi connectivity index (χ4n) is 2.49. The summed E-state index contributed by atoms with van der Waals surface area (Å²) >= 11 is 0. The number of pyridine rings is 1. The number of hydrogen-bond donors (Lipinski definition) is 1. The van der Waals surface area contributed by atoms with Crippen molar-refractivity contribution in [2.24, 2.45) is 0 Å². The third-order valence-electron chi connectivity index (χ3n) is 3.67. The van der Waals surface area contributed by atoms with E-state index in [4.69, 9.17) is 4.74 Å². The van der Waals surface area contributed by atoms with Crippen LogP contribution in [-0.2, 0) is 16.1 Å². The molecular formula is C20H25N3O3. The SMILES string of the molecule is CC(=O)N(CCC(=O)NCc1cccnc1)c1ccccc1OC(C)C. The Morgan fingerprint density at radius 3 is 2.62 bits per heavy atom. The van der Waals surface area contributed by atoms with Crippen molar-refractivity contribution in [3.05, 3.63) is 54.4 Å². The van der Waals surface area contributed by atoms with E-state index in [1.54, 1.807) is 17.3 Å². The molecule has 1 aromatic heterocycles. The standard InChI is InChI=1S/C20H25N3O3/c1-15(2)26-19-9-5-4-8-18(19)23(16(3)24)12-10-20(25)22-14-17-7-6-11-21-13-17/h4-9,11,13,15H,10,12,14H2,1-3H3,(H,22,25). The highest BCUT2D eigenvalue weighted by molar-refractivity contribution is 5.93. The van der Waals surface area contributed by atoms with Crippen LogP contribution in [0.25, 0.3) is 0 Å². The summed E-state index contributed by atoms with van der Waals surface area (Å²) in [6.07, 6.45) is 3.59. The molecular weight excluding hydrogens is 330 g/mol. The average molecular weight is 355 g/mol. The topological polar surface area (TPSA) is 71.5 Å². The molecule has 2 amide bonds. The molecule has 0 spiro atoms. The molecule has 0 bridgehead atoms. The minimum atomic E-state index is -0.134. The van der Waals surface area contributed by atoms with E-state index < -0.39 is 0 Å². The first-order valence-electron chi connectivity index (χ1n) is 8.66. The lowest BCUT2D eigenvalue weighted by Gasteiger charge is -2.24. The monoisotopic (exact) mass is 355 g/mol. The van der Waals surface area contributed by atoms with Crippen LogP contribution in [0.1, 0.15) is 32.8 Å². The molecule has 0 saturated carbocycles. The first-order valence-corrected chi connectivity index (χ1v) is 8.66. The maximum absolute atomic E-state index is 12.1. The number of carbonyl (C=O) groups is 2. The van der Waals surface area contributed by atoms with Crippen LogP contribution < -0.4 is 15.0 Å². The van der Waals surface area contributed by atoms with Gasteiger partial charge < -0.3 is 15.0 Å². The molecule has 138 valence electrons. The van der Waals surface area contributed by atoms with Crippen LogP contribution >= 0.6 is 0 Å². The predicted octanol–water partition coefficient (Wildman–Crippen LogP) is 2.93. The van der Waals surface area contributed by atoms with Gasteiger partial charge in [0.05, 0.1) is 11.8 Å². The van der Waals surface area contributed by atoms with Crippen molar-refractivity contribution in [1.82, 2.24) is 10.3 Å². The molecule has 1 N–H and O–H groups in total. The van der Waals surface area contributed by atoms with E-state index in [9.17, 15) is 9.59 Å². The summed E-state index contributed by atoms with van der Waals surface area (Å²) in [5.41, 5.74) is 1.61. The highest BCUT2D eigenvalue weighted by atomic mass is 16.5. The first-order chi connectivity index (χ1) is 12.5. The summed E-state index contributed by atoms with van der Waals surface area (Å²) in [6.45, 7) is 6.05. The molecule has 0 aliphatic rings. The van der Waals surface area contributed by atoms with E-state index in [2.05, 4.69) is 10.3 Å². The number of rotatable bonds is 8. The van der Waals surface area contributed by atoms with E-state index in [0.29, 0.717) is 18.0 Å². The molecule has 0 aliphatic heterocycles. The summed E-state index contributed by atoms with van der Waals surface area (Å²) in [6, 6.07) is 11.1. The minimum Gasteiger partial charge on any atom is -0.489 e. The zero-order valence-electron chi connectivity index (χ0n) is 15.4. The van der Waals surface area contributed by atoms with Crippen molar-refractivity contribution in [1.29, 1.82) is 0 Å². The van der Waals surface area contributed by atoms with E-state index in [-0.39, 0.29) is 30.9 Å². The average Bonchev–Trinajstić information content (AvgIpc) is 2.61. The minimum absolute atomic E-state index is 0.00672. The summed E-state index contributed by atoms with van der Waals surface area (Å²) < 4.78 is 5.79. The maximum atomic E-state index is 12.1. The smallest absolute Gasteiger partial charge is 0.223 e. The normalized spacial score (nSPS) is 10.5. The summed E-state index contributed by atoms with van der Waals surface area (Å²) in [7, 11) is 0. The van der Waals surface area contributed by atoms with E-state index >= 15 is 0 Å². The number of nitrogens with one attached hydrogen (secondary N) is 1. The van der Waals surface area contributed by atoms with Crippen molar-refractivity contribution in [3.8, 4) is 5.75 Å². The number of amides is 2. The zero-order valence-corrected chi connectivity index (χ0v) is 15.4. The van der Waals surface area contributed by atoms with Crippen LogP contribution in [-0.4, -0.2) is 29.4 Å². The number of carbonyl (C=O) groups excluding carboxylic acids is 2. The predicted molar refractivity (Wildman–Crippen MR) is 101 cm³/mol. The van der Waals surface area contributed by atoms with Gasteiger partial charge in [0.1, 0.15) is 5.75 Å². The van der Waals surface area contributed by atoms with E-state index in [1.165, 1.54) is 6.92 Å². The lowest BCUT2D eigenvalue weighted by atomic mass is 10.2.